The highest BCUT2D eigenvalue weighted by Gasteiger charge is 2.50. The van der Waals surface area contributed by atoms with Gasteiger partial charge in [0.2, 0.25) is 11.8 Å². The number of carbonyl (C=O) groups excluding carboxylic acids is 2. The largest absolute Gasteiger partial charge is 0.497 e. The predicted molar refractivity (Wildman–Crippen MR) is 244 cm³/mol. The van der Waals surface area contributed by atoms with Crippen molar-refractivity contribution >= 4 is 11.8 Å². The molecule has 1 saturated heterocycles. The van der Waals surface area contributed by atoms with Crippen LogP contribution in [0.15, 0.2) is 146 Å². The molecule has 1 heterocycles. The van der Waals surface area contributed by atoms with Gasteiger partial charge >= 0.3 is 0 Å². The molecule has 0 bridgehead atoms. The molecule has 1 N–H and O–H groups in total. The fourth-order valence-corrected chi connectivity index (χ4v) is 8.29. The standard InChI is InChI=1S/C53H62N2O9/c1-39(56)55(32-40-28-30-46(58-2)31-29-40)47(52(57)54-45-26-16-7-17-27-45)37-63-53-51(62-36-44-24-14-6-15-25-44)50(61-35-43-22-12-5-13-23-43)49(60-34-42-20-10-4-11-21-42)48(64-53)38-59-33-41-18-8-3-9-19-41/h3-6,8-15,18-25,28-31,45,47-51,53H,7,16-17,26-27,32-38H2,1-2H3,(H,54,57)/t47?,48-,49-,50+,51-,53-/m1/s1. The number of hydrogen-bond donors (Lipinski definition) is 1. The van der Waals surface area contributed by atoms with Gasteiger partial charge in [0.15, 0.2) is 6.29 Å². The van der Waals surface area contributed by atoms with Gasteiger partial charge in [-0.3, -0.25) is 9.59 Å². The second kappa shape index (κ2) is 24.6. The van der Waals surface area contributed by atoms with Gasteiger partial charge in [-0.25, -0.2) is 0 Å². The second-order valence-corrected chi connectivity index (χ2v) is 16.5. The number of hydrogen-bond acceptors (Lipinski definition) is 9. The van der Waals surface area contributed by atoms with Gasteiger partial charge in [-0.1, -0.05) is 153 Å². The minimum absolute atomic E-state index is 0.0101. The van der Waals surface area contributed by atoms with Gasteiger partial charge in [-0.05, 0) is 52.8 Å². The Morgan fingerprint density at radius 2 is 1.11 bits per heavy atom. The van der Waals surface area contributed by atoms with E-state index in [1.165, 1.54) is 6.92 Å². The summed E-state index contributed by atoms with van der Waals surface area (Å²) >= 11 is 0. The van der Waals surface area contributed by atoms with E-state index in [2.05, 4.69) is 5.32 Å². The lowest BCUT2D eigenvalue weighted by atomic mass is 9.95. The number of carbonyl (C=O) groups is 2. The first-order valence-corrected chi connectivity index (χ1v) is 22.5. The molecule has 2 amide bonds. The first-order chi connectivity index (χ1) is 31.4. The van der Waals surface area contributed by atoms with Crippen LogP contribution in [-0.4, -0.2) is 79.8 Å². The van der Waals surface area contributed by atoms with Gasteiger partial charge in [-0.2, -0.15) is 0 Å². The lowest BCUT2D eigenvalue weighted by molar-refractivity contribution is -0.329. The molecule has 1 aliphatic heterocycles. The number of nitrogens with zero attached hydrogens (tertiary/aromatic N) is 1. The molecule has 0 spiro atoms. The highest BCUT2D eigenvalue weighted by molar-refractivity contribution is 5.87. The Morgan fingerprint density at radius 1 is 0.609 bits per heavy atom. The average Bonchev–Trinajstić information content (AvgIpc) is 3.34. The van der Waals surface area contributed by atoms with E-state index in [0.717, 1.165) is 59.9 Å². The third kappa shape index (κ3) is 13.8. The summed E-state index contributed by atoms with van der Waals surface area (Å²) in [6, 6.07) is 46.3. The number of amides is 2. The van der Waals surface area contributed by atoms with E-state index >= 15 is 0 Å². The Kier molecular flexibility index (Phi) is 17.9. The third-order valence-corrected chi connectivity index (χ3v) is 11.8. The van der Waals surface area contributed by atoms with Crippen molar-refractivity contribution in [1.29, 1.82) is 0 Å². The number of ether oxygens (including phenoxy) is 7. The molecular formula is C53H62N2O9. The van der Waals surface area contributed by atoms with Crippen molar-refractivity contribution in [2.75, 3.05) is 20.3 Å². The van der Waals surface area contributed by atoms with E-state index in [1.54, 1.807) is 12.0 Å². The minimum Gasteiger partial charge on any atom is -0.497 e. The topological polar surface area (TPSA) is 114 Å². The van der Waals surface area contributed by atoms with E-state index in [-0.39, 0.29) is 57.4 Å². The lowest BCUT2D eigenvalue weighted by Crippen LogP contribution is -2.62. The molecule has 2 aliphatic rings. The Balaban J connectivity index is 1.22. The minimum atomic E-state index is -1.06. The molecule has 7 rings (SSSR count). The number of methoxy groups -OCH3 is 1. The summed E-state index contributed by atoms with van der Waals surface area (Å²) < 4.78 is 46.1. The van der Waals surface area contributed by atoms with Crippen LogP contribution in [0.5, 0.6) is 5.75 Å². The quantitative estimate of drug-likeness (QED) is 0.0731. The average molecular weight is 871 g/mol. The van der Waals surface area contributed by atoms with Gasteiger partial charge in [-0.15, -0.1) is 0 Å². The SMILES string of the molecule is COc1ccc(CN(C(C)=O)C(CO[C@@H]2O[C@H](COCc3ccccc3)[C@@H](OCc3ccccc3)[C@H](OCc3ccccc3)[C@H]2OCc2ccccc2)C(=O)NC2CCCCC2)cc1. The summed E-state index contributed by atoms with van der Waals surface area (Å²) in [7, 11) is 1.61. The van der Waals surface area contributed by atoms with Gasteiger partial charge in [0.05, 0.1) is 46.8 Å². The molecule has 338 valence electrons. The van der Waals surface area contributed by atoms with Crippen molar-refractivity contribution in [2.24, 2.45) is 0 Å². The fourth-order valence-electron chi connectivity index (χ4n) is 8.29. The van der Waals surface area contributed by atoms with Gasteiger partial charge < -0.3 is 43.4 Å². The number of benzene rings is 5. The van der Waals surface area contributed by atoms with Crippen LogP contribution in [0.3, 0.4) is 0 Å². The Hall–Kier alpha value is -5.40. The molecule has 6 atom stereocenters. The molecule has 2 fully saturated rings. The van der Waals surface area contributed by atoms with Crippen LogP contribution in [0.25, 0.3) is 0 Å². The Labute approximate surface area is 377 Å². The molecule has 1 unspecified atom stereocenters. The summed E-state index contributed by atoms with van der Waals surface area (Å²) in [5.74, 6) is 0.147. The van der Waals surface area contributed by atoms with E-state index in [9.17, 15) is 9.59 Å². The maximum absolute atomic E-state index is 14.5. The van der Waals surface area contributed by atoms with Crippen LogP contribution in [-0.2, 0) is 71.0 Å². The van der Waals surface area contributed by atoms with E-state index < -0.39 is 36.7 Å². The van der Waals surface area contributed by atoms with Gasteiger partial charge in [0, 0.05) is 19.5 Å². The van der Waals surface area contributed by atoms with Crippen molar-refractivity contribution < 1.29 is 42.7 Å². The first-order valence-electron chi connectivity index (χ1n) is 22.5. The molecule has 1 saturated carbocycles. The number of nitrogens with one attached hydrogen (secondary N) is 1. The molecule has 1 aliphatic carbocycles. The Morgan fingerprint density at radius 3 is 1.62 bits per heavy atom. The fraction of sp³-hybridized carbons (Fsp3) is 0.396. The highest BCUT2D eigenvalue weighted by atomic mass is 16.7. The van der Waals surface area contributed by atoms with Crippen LogP contribution in [0.2, 0.25) is 0 Å². The third-order valence-electron chi connectivity index (χ3n) is 11.8. The van der Waals surface area contributed by atoms with Crippen molar-refractivity contribution in [1.82, 2.24) is 10.2 Å². The van der Waals surface area contributed by atoms with E-state index in [0.29, 0.717) is 12.4 Å². The van der Waals surface area contributed by atoms with Crippen LogP contribution in [0.4, 0.5) is 0 Å². The van der Waals surface area contributed by atoms with Crippen LogP contribution in [0.1, 0.15) is 66.8 Å². The normalized spacial score (nSPS) is 20.6. The molecule has 0 aromatic heterocycles. The zero-order valence-electron chi connectivity index (χ0n) is 37.0. The maximum Gasteiger partial charge on any atom is 0.245 e. The Bertz CT molecular complexity index is 2100. The predicted octanol–water partition coefficient (Wildman–Crippen LogP) is 8.58. The van der Waals surface area contributed by atoms with Crippen LogP contribution < -0.4 is 10.1 Å². The molecule has 11 nitrogen and oxygen atoms in total. The van der Waals surface area contributed by atoms with Gasteiger partial charge in [0.25, 0.3) is 0 Å². The molecular weight excluding hydrogens is 809 g/mol. The van der Waals surface area contributed by atoms with Crippen molar-refractivity contribution in [3.8, 4) is 5.75 Å². The van der Waals surface area contributed by atoms with Crippen LogP contribution >= 0.6 is 0 Å². The van der Waals surface area contributed by atoms with Crippen molar-refractivity contribution in [3.63, 3.8) is 0 Å². The second-order valence-electron chi connectivity index (χ2n) is 16.5. The van der Waals surface area contributed by atoms with E-state index in [1.807, 2.05) is 146 Å². The summed E-state index contributed by atoms with van der Waals surface area (Å²) in [4.78, 5) is 29.7. The van der Waals surface area contributed by atoms with Crippen LogP contribution in [0, 0.1) is 0 Å². The molecule has 5 aromatic rings. The van der Waals surface area contributed by atoms with Gasteiger partial charge in [0.1, 0.15) is 36.2 Å². The highest BCUT2D eigenvalue weighted by Crippen LogP contribution is 2.32. The summed E-state index contributed by atoms with van der Waals surface area (Å²) in [6.45, 7) is 2.75. The molecule has 5 aromatic carbocycles. The lowest BCUT2D eigenvalue weighted by Gasteiger charge is -2.46. The maximum atomic E-state index is 14.5. The first kappa shape index (κ1) is 46.6. The van der Waals surface area contributed by atoms with E-state index in [4.69, 9.17) is 33.2 Å². The van der Waals surface area contributed by atoms with Crippen molar-refractivity contribution in [3.05, 3.63) is 173 Å². The summed E-state index contributed by atoms with van der Waals surface area (Å²) in [5, 5.41) is 3.27. The molecule has 11 heteroatoms. The number of rotatable bonds is 22. The summed E-state index contributed by atoms with van der Waals surface area (Å²) in [5.41, 5.74) is 4.77. The zero-order valence-corrected chi connectivity index (χ0v) is 37.0. The molecule has 0 radical (unpaired) electrons. The zero-order chi connectivity index (χ0) is 44.4. The summed E-state index contributed by atoms with van der Waals surface area (Å²) in [6.07, 6.45) is 0.987. The smallest absolute Gasteiger partial charge is 0.245 e. The van der Waals surface area contributed by atoms with Crippen molar-refractivity contribution in [2.45, 2.75) is 115 Å². The molecule has 64 heavy (non-hydrogen) atoms. The monoisotopic (exact) mass is 870 g/mol.